The molecule has 1 saturated heterocycles. The number of aryl methyl sites for hydroxylation is 1. The van der Waals surface area contributed by atoms with Gasteiger partial charge in [0.2, 0.25) is 6.79 Å². The maximum atomic E-state index is 15.1. The molecule has 0 unspecified atom stereocenters. The molecule has 274 valence electrons. The first-order chi connectivity index (χ1) is 25.8. The van der Waals surface area contributed by atoms with Crippen LogP contribution in [0.25, 0.3) is 11.3 Å². The largest absolute Gasteiger partial charge is 0.508 e. The number of phenolic OH excluding ortho intramolecular Hbond substituents is 1. The summed E-state index contributed by atoms with van der Waals surface area (Å²) in [6, 6.07) is 20.1. The SMILES string of the molecule is COCc1c(C(=O)N(c2ccc(O)cc2)c2cnn(C)c2)cc(-c2cc3c(cc2C(=O)N2Cc4ccccc4C[C@H]2CN2CCOCC2)OCO3)n1C. The molecule has 1 atom stereocenters. The zero-order valence-electron chi connectivity index (χ0n) is 30.0. The van der Waals surface area contributed by atoms with Gasteiger partial charge in [-0.3, -0.25) is 24.1 Å². The van der Waals surface area contributed by atoms with E-state index in [9.17, 15) is 9.90 Å². The van der Waals surface area contributed by atoms with Gasteiger partial charge in [-0.15, -0.1) is 0 Å². The van der Waals surface area contributed by atoms with Crippen LogP contribution in [0, 0.1) is 0 Å². The van der Waals surface area contributed by atoms with Crippen LogP contribution in [-0.4, -0.2) is 93.9 Å². The zero-order chi connectivity index (χ0) is 36.6. The molecule has 3 aliphatic rings. The van der Waals surface area contributed by atoms with Crippen LogP contribution in [0.15, 0.2) is 79.1 Å². The summed E-state index contributed by atoms with van der Waals surface area (Å²) in [7, 11) is 5.23. The third-order valence-corrected chi connectivity index (χ3v) is 10.3. The maximum Gasteiger partial charge on any atom is 0.264 e. The highest BCUT2D eigenvalue weighted by atomic mass is 16.7. The van der Waals surface area contributed by atoms with Gasteiger partial charge >= 0.3 is 0 Å². The number of benzene rings is 3. The predicted molar refractivity (Wildman–Crippen MR) is 197 cm³/mol. The van der Waals surface area contributed by atoms with Crippen molar-refractivity contribution in [3.63, 3.8) is 0 Å². The van der Waals surface area contributed by atoms with E-state index < -0.39 is 0 Å². The summed E-state index contributed by atoms with van der Waals surface area (Å²) < 4.78 is 26.5. The maximum absolute atomic E-state index is 15.1. The molecule has 1 fully saturated rings. The average molecular weight is 719 g/mol. The van der Waals surface area contributed by atoms with Crippen molar-refractivity contribution in [2.75, 3.05) is 51.7 Å². The molecule has 8 rings (SSSR count). The van der Waals surface area contributed by atoms with Gasteiger partial charge in [-0.1, -0.05) is 24.3 Å². The first-order valence-corrected chi connectivity index (χ1v) is 17.7. The second-order valence-electron chi connectivity index (χ2n) is 13.6. The van der Waals surface area contributed by atoms with Gasteiger partial charge in [-0.05, 0) is 60.0 Å². The van der Waals surface area contributed by atoms with Gasteiger partial charge in [0.15, 0.2) is 11.5 Å². The number of aromatic nitrogens is 3. The molecule has 0 spiro atoms. The summed E-state index contributed by atoms with van der Waals surface area (Å²) in [6.45, 7) is 4.35. The van der Waals surface area contributed by atoms with Crippen LogP contribution in [-0.2, 0) is 43.1 Å². The molecule has 2 aromatic heterocycles. The van der Waals surface area contributed by atoms with Crippen LogP contribution in [0.4, 0.5) is 11.4 Å². The van der Waals surface area contributed by atoms with E-state index in [1.54, 1.807) is 54.3 Å². The molecular weight excluding hydrogens is 676 g/mol. The number of carbonyl (C=O) groups is 2. The molecule has 5 heterocycles. The summed E-state index contributed by atoms with van der Waals surface area (Å²) in [5, 5.41) is 14.3. The van der Waals surface area contributed by atoms with E-state index in [2.05, 4.69) is 28.2 Å². The van der Waals surface area contributed by atoms with Gasteiger partial charge in [0.1, 0.15) is 5.75 Å². The Morgan fingerprint density at radius 1 is 0.943 bits per heavy atom. The lowest BCUT2D eigenvalue weighted by molar-refractivity contribution is 0.0193. The lowest BCUT2D eigenvalue weighted by Gasteiger charge is -2.40. The molecule has 2 amide bonds. The highest BCUT2D eigenvalue weighted by Gasteiger charge is 2.35. The molecule has 53 heavy (non-hydrogen) atoms. The van der Waals surface area contributed by atoms with Gasteiger partial charge in [-0.2, -0.15) is 5.10 Å². The number of nitrogens with zero attached hydrogens (tertiary/aromatic N) is 6. The van der Waals surface area contributed by atoms with Crippen molar-refractivity contribution in [1.82, 2.24) is 24.1 Å². The van der Waals surface area contributed by atoms with Gasteiger partial charge in [-0.25, -0.2) is 0 Å². The molecule has 13 nitrogen and oxygen atoms in total. The van der Waals surface area contributed by atoms with Crippen molar-refractivity contribution in [2.24, 2.45) is 14.1 Å². The Morgan fingerprint density at radius 3 is 2.40 bits per heavy atom. The summed E-state index contributed by atoms with van der Waals surface area (Å²) >= 11 is 0. The lowest BCUT2D eigenvalue weighted by Crippen LogP contribution is -2.52. The van der Waals surface area contributed by atoms with Gasteiger partial charge in [0, 0.05) is 76.6 Å². The second kappa shape index (κ2) is 14.4. The number of hydrogen-bond acceptors (Lipinski definition) is 9. The van der Waals surface area contributed by atoms with Crippen LogP contribution in [0.1, 0.15) is 37.5 Å². The number of morpholine rings is 1. The Hall–Kier alpha value is -5.63. The quantitative estimate of drug-likeness (QED) is 0.227. The number of rotatable bonds is 9. The van der Waals surface area contributed by atoms with Crippen molar-refractivity contribution >= 4 is 23.2 Å². The van der Waals surface area contributed by atoms with Crippen molar-refractivity contribution in [1.29, 1.82) is 0 Å². The topological polar surface area (TPSA) is 124 Å². The number of methoxy groups -OCH3 is 1. The fraction of sp³-hybridized carbons (Fsp3) is 0.325. The molecule has 3 aliphatic heterocycles. The minimum atomic E-state index is -0.329. The Bertz CT molecular complexity index is 2150. The van der Waals surface area contributed by atoms with E-state index in [0.29, 0.717) is 70.7 Å². The number of amides is 2. The van der Waals surface area contributed by atoms with E-state index in [1.807, 2.05) is 34.7 Å². The van der Waals surface area contributed by atoms with Gasteiger partial charge < -0.3 is 33.5 Å². The zero-order valence-corrected chi connectivity index (χ0v) is 30.0. The molecule has 5 aromatic rings. The lowest BCUT2D eigenvalue weighted by atomic mass is 9.92. The molecule has 13 heteroatoms. The fourth-order valence-corrected chi connectivity index (χ4v) is 7.58. The Kier molecular flexibility index (Phi) is 9.37. The van der Waals surface area contributed by atoms with Gasteiger partial charge in [0.25, 0.3) is 11.8 Å². The Balaban J connectivity index is 1.23. The normalized spacial score (nSPS) is 16.8. The van der Waals surface area contributed by atoms with Crippen molar-refractivity contribution in [2.45, 2.75) is 25.6 Å². The number of aromatic hydroxyl groups is 1. The van der Waals surface area contributed by atoms with Crippen LogP contribution in [0.3, 0.4) is 0 Å². The number of fused-ring (bicyclic) bond motifs is 2. The second-order valence-corrected chi connectivity index (χ2v) is 13.6. The summed E-state index contributed by atoms with van der Waals surface area (Å²) in [5.41, 5.74) is 6.18. The molecule has 0 radical (unpaired) electrons. The third-order valence-electron chi connectivity index (χ3n) is 10.3. The first kappa shape index (κ1) is 34.5. The van der Waals surface area contributed by atoms with Crippen molar-refractivity contribution in [3.05, 3.63) is 107 Å². The fourth-order valence-electron chi connectivity index (χ4n) is 7.58. The Labute approximate surface area is 307 Å². The molecule has 3 aromatic carbocycles. The highest BCUT2D eigenvalue weighted by molar-refractivity contribution is 6.12. The first-order valence-electron chi connectivity index (χ1n) is 17.7. The summed E-state index contributed by atoms with van der Waals surface area (Å²) in [5.74, 6) is 0.642. The Morgan fingerprint density at radius 2 is 1.68 bits per heavy atom. The van der Waals surface area contributed by atoms with Crippen molar-refractivity contribution < 1.29 is 33.6 Å². The summed E-state index contributed by atoms with van der Waals surface area (Å²) in [6.07, 6.45) is 4.11. The van der Waals surface area contributed by atoms with E-state index in [-0.39, 0.29) is 37.0 Å². The number of phenols is 1. The standard InChI is InChI=1S/C40H42N6O7/c1-42-22-30(20-41-42)46(28-8-10-31(47)11-9-28)40(49)34-17-35(43(2)36(34)24-50-3)32-18-37-38(53-25-52-37)19-33(32)39(48)45-21-27-7-5-4-6-26(27)16-29(45)23-44-12-14-51-15-13-44/h4-11,17-20,22,29,47H,12-16,21,23-25H2,1-3H3/t29-/m0/s1. The average Bonchev–Trinajstić information content (AvgIpc) is 3.90. The number of anilines is 2. The number of carbonyl (C=O) groups excluding carboxylic acids is 2. The minimum absolute atomic E-state index is 0.0433. The number of hydrogen-bond donors (Lipinski definition) is 1. The van der Waals surface area contributed by atoms with E-state index >= 15 is 4.79 Å². The van der Waals surface area contributed by atoms with Gasteiger partial charge in [0.05, 0.1) is 48.5 Å². The number of ether oxygens (including phenoxy) is 4. The molecule has 1 N–H and O–H groups in total. The molecule has 0 bridgehead atoms. The minimum Gasteiger partial charge on any atom is -0.508 e. The van der Waals surface area contributed by atoms with Crippen LogP contribution in [0.5, 0.6) is 17.2 Å². The molecular formula is C40H42N6O7. The monoisotopic (exact) mass is 718 g/mol. The molecule has 0 saturated carbocycles. The van der Waals surface area contributed by atoms with E-state index in [0.717, 1.165) is 31.6 Å². The highest BCUT2D eigenvalue weighted by Crippen LogP contribution is 2.42. The van der Waals surface area contributed by atoms with Crippen LogP contribution in [0.2, 0.25) is 0 Å². The van der Waals surface area contributed by atoms with Crippen molar-refractivity contribution in [3.8, 4) is 28.5 Å². The van der Waals surface area contributed by atoms with Crippen LogP contribution < -0.4 is 14.4 Å². The smallest absolute Gasteiger partial charge is 0.264 e. The summed E-state index contributed by atoms with van der Waals surface area (Å²) in [4.78, 5) is 35.7. The van der Waals surface area contributed by atoms with Crippen LogP contribution >= 0.6 is 0 Å². The third kappa shape index (κ3) is 6.63. The predicted octanol–water partition coefficient (Wildman–Crippen LogP) is 4.88. The van der Waals surface area contributed by atoms with E-state index in [4.69, 9.17) is 18.9 Å². The molecule has 0 aliphatic carbocycles. The van der Waals surface area contributed by atoms with E-state index in [1.165, 1.54) is 17.7 Å².